The predicted octanol–water partition coefficient (Wildman–Crippen LogP) is 2.65. The number of carbonyl (C=O) groups is 1. The molecule has 25 heavy (non-hydrogen) atoms. The molecule has 0 bridgehead atoms. The Balaban J connectivity index is 1.91. The Labute approximate surface area is 152 Å². The predicted molar refractivity (Wildman–Crippen MR) is 96.8 cm³/mol. The Hall–Kier alpha value is -1.96. The SMILES string of the molecule is COCCN(Cc1csc(COc2ccc(C)cc2)n1)C(=O)COC. The molecule has 0 radical (unpaired) electrons. The van der Waals surface area contributed by atoms with E-state index in [0.29, 0.717) is 26.3 Å². The van der Waals surface area contributed by atoms with E-state index in [0.717, 1.165) is 16.5 Å². The summed E-state index contributed by atoms with van der Waals surface area (Å²) in [5.74, 6) is 0.740. The number of hydrogen-bond acceptors (Lipinski definition) is 6. The van der Waals surface area contributed by atoms with Gasteiger partial charge in [-0.25, -0.2) is 4.98 Å². The van der Waals surface area contributed by atoms with Gasteiger partial charge in [0.25, 0.3) is 0 Å². The van der Waals surface area contributed by atoms with E-state index in [2.05, 4.69) is 4.98 Å². The second-order valence-electron chi connectivity index (χ2n) is 5.58. The maximum atomic E-state index is 12.1. The van der Waals surface area contributed by atoms with Crippen LogP contribution in [0, 0.1) is 6.92 Å². The Morgan fingerprint density at radius 1 is 1.20 bits per heavy atom. The Morgan fingerprint density at radius 2 is 1.96 bits per heavy atom. The Morgan fingerprint density at radius 3 is 2.64 bits per heavy atom. The van der Waals surface area contributed by atoms with Gasteiger partial charge in [-0.3, -0.25) is 4.79 Å². The van der Waals surface area contributed by atoms with Gasteiger partial charge in [-0.1, -0.05) is 17.7 Å². The van der Waals surface area contributed by atoms with Crippen molar-refractivity contribution in [1.82, 2.24) is 9.88 Å². The van der Waals surface area contributed by atoms with Gasteiger partial charge in [0, 0.05) is 26.1 Å². The topological polar surface area (TPSA) is 60.9 Å². The highest BCUT2D eigenvalue weighted by molar-refractivity contribution is 7.09. The molecule has 0 spiro atoms. The van der Waals surface area contributed by atoms with Gasteiger partial charge >= 0.3 is 0 Å². The summed E-state index contributed by atoms with van der Waals surface area (Å²) in [4.78, 5) is 18.3. The number of methoxy groups -OCH3 is 2. The molecule has 1 aromatic carbocycles. The third-order valence-electron chi connectivity index (χ3n) is 3.52. The van der Waals surface area contributed by atoms with Crippen LogP contribution in [0.2, 0.25) is 0 Å². The van der Waals surface area contributed by atoms with Crippen molar-refractivity contribution in [2.24, 2.45) is 0 Å². The Kier molecular flexibility index (Phi) is 7.84. The summed E-state index contributed by atoms with van der Waals surface area (Å²) in [6.45, 7) is 3.92. The van der Waals surface area contributed by atoms with Crippen LogP contribution < -0.4 is 4.74 Å². The number of nitrogens with zero attached hydrogens (tertiary/aromatic N) is 2. The van der Waals surface area contributed by atoms with Crippen LogP contribution in [0.5, 0.6) is 5.75 Å². The maximum Gasteiger partial charge on any atom is 0.248 e. The van der Waals surface area contributed by atoms with Gasteiger partial charge in [-0.2, -0.15) is 0 Å². The van der Waals surface area contributed by atoms with Crippen molar-refractivity contribution in [3.05, 3.63) is 45.9 Å². The number of amides is 1. The summed E-state index contributed by atoms with van der Waals surface area (Å²) in [5, 5.41) is 2.83. The van der Waals surface area contributed by atoms with Crippen LogP contribution in [0.3, 0.4) is 0 Å². The zero-order valence-electron chi connectivity index (χ0n) is 14.9. The van der Waals surface area contributed by atoms with Gasteiger partial charge in [0.15, 0.2) is 0 Å². The maximum absolute atomic E-state index is 12.1. The highest BCUT2D eigenvalue weighted by Gasteiger charge is 2.15. The summed E-state index contributed by atoms with van der Waals surface area (Å²) in [5.41, 5.74) is 2.04. The highest BCUT2D eigenvalue weighted by Crippen LogP contribution is 2.17. The van der Waals surface area contributed by atoms with Crippen molar-refractivity contribution in [3.63, 3.8) is 0 Å². The third kappa shape index (κ3) is 6.45. The number of hydrogen-bond donors (Lipinski definition) is 0. The summed E-state index contributed by atoms with van der Waals surface area (Å²) >= 11 is 1.53. The van der Waals surface area contributed by atoms with Crippen molar-refractivity contribution >= 4 is 17.2 Å². The van der Waals surface area contributed by atoms with Gasteiger partial charge in [0.05, 0.1) is 18.8 Å². The number of rotatable bonds is 10. The van der Waals surface area contributed by atoms with Crippen LogP contribution in [-0.2, 0) is 27.4 Å². The van der Waals surface area contributed by atoms with Crippen LogP contribution >= 0.6 is 11.3 Å². The lowest BCUT2D eigenvalue weighted by Crippen LogP contribution is -2.36. The number of aryl methyl sites for hydroxylation is 1. The molecular formula is C18H24N2O4S. The summed E-state index contributed by atoms with van der Waals surface area (Å²) in [6, 6.07) is 7.91. The van der Waals surface area contributed by atoms with E-state index in [9.17, 15) is 4.79 Å². The van der Waals surface area contributed by atoms with Gasteiger partial charge in [-0.15, -0.1) is 11.3 Å². The van der Waals surface area contributed by atoms with E-state index in [-0.39, 0.29) is 12.5 Å². The monoisotopic (exact) mass is 364 g/mol. The fourth-order valence-corrected chi connectivity index (χ4v) is 2.87. The highest BCUT2D eigenvalue weighted by atomic mass is 32.1. The quantitative estimate of drug-likeness (QED) is 0.649. The number of thiazole rings is 1. The zero-order chi connectivity index (χ0) is 18.1. The first kappa shape index (κ1) is 19.4. The third-order valence-corrected chi connectivity index (χ3v) is 4.39. The van der Waals surface area contributed by atoms with E-state index in [1.54, 1.807) is 12.0 Å². The van der Waals surface area contributed by atoms with E-state index < -0.39 is 0 Å². The molecule has 0 atom stereocenters. The molecule has 7 heteroatoms. The van der Waals surface area contributed by atoms with E-state index in [4.69, 9.17) is 14.2 Å². The first-order chi connectivity index (χ1) is 12.1. The van der Waals surface area contributed by atoms with Crippen LogP contribution in [0.4, 0.5) is 0 Å². The Bertz CT molecular complexity index is 657. The van der Waals surface area contributed by atoms with Crippen molar-refractivity contribution in [2.45, 2.75) is 20.1 Å². The smallest absolute Gasteiger partial charge is 0.248 e. The van der Waals surface area contributed by atoms with Gasteiger partial charge in [0.1, 0.15) is 24.0 Å². The van der Waals surface area contributed by atoms with Crippen LogP contribution in [-0.4, -0.2) is 49.8 Å². The van der Waals surface area contributed by atoms with Crippen molar-refractivity contribution in [3.8, 4) is 5.75 Å². The molecule has 0 N–H and O–H groups in total. The number of carbonyl (C=O) groups excluding carboxylic acids is 1. The van der Waals surface area contributed by atoms with Gasteiger partial charge < -0.3 is 19.1 Å². The summed E-state index contributed by atoms with van der Waals surface area (Å²) in [6.07, 6.45) is 0. The van der Waals surface area contributed by atoms with E-state index in [1.165, 1.54) is 24.0 Å². The number of benzene rings is 1. The summed E-state index contributed by atoms with van der Waals surface area (Å²) < 4.78 is 15.7. The first-order valence-electron chi connectivity index (χ1n) is 8.00. The first-order valence-corrected chi connectivity index (χ1v) is 8.88. The minimum absolute atomic E-state index is 0.0528. The molecule has 2 aromatic rings. The van der Waals surface area contributed by atoms with Crippen LogP contribution in [0.25, 0.3) is 0 Å². The van der Waals surface area contributed by atoms with Crippen molar-refractivity contribution in [2.75, 3.05) is 34.0 Å². The molecule has 0 saturated carbocycles. The van der Waals surface area contributed by atoms with E-state index in [1.807, 2.05) is 36.6 Å². The molecular weight excluding hydrogens is 340 g/mol. The average molecular weight is 364 g/mol. The minimum atomic E-state index is -0.0787. The molecule has 0 saturated heterocycles. The molecule has 1 heterocycles. The van der Waals surface area contributed by atoms with Crippen molar-refractivity contribution < 1.29 is 19.0 Å². The lowest BCUT2D eigenvalue weighted by Gasteiger charge is -2.21. The number of ether oxygens (including phenoxy) is 3. The molecule has 1 amide bonds. The lowest BCUT2D eigenvalue weighted by molar-refractivity contribution is -0.136. The fourth-order valence-electron chi connectivity index (χ4n) is 2.17. The molecule has 0 aliphatic rings. The molecule has 0 fully saturated rings. The zero-order valence-corrected chi connectivity index (χ0v) is 15.7. The molecule has 6 nitrogen and oxygen atoms in total. The molecule has 0 aliphatic carbocycles. The minimum Gasteiger partial charge on any atom is -0.486 e. The van der Waals surface area contributed by atoms with Crippen molar-refractivity contribution in [1.29, 1.82) is 0 Å². The molecule has 136 valence electrons. The molecule has 0 aliphatic heterocycles. The normalized spacial score (nSPS) is 10.7. The summed E-state index contributed by atoms with van der Waals surface area (Å²) in [7, 11) is 3.12. The molecule has 0 unspecified atom stereocenters. The molecule has 1 aromatic heterocycles. The lowest BCUT2D eigenvalue weighted by atomic mass is 10.2. The molecule has 2 rings (SSSR count). The van der Waals surface area contributed by atoms with Gasteiger partial charge in [-0.05, 0) is 19.1 Å². The fraction of sp³-hybridized carbons (Fsp3) is 0.444. The number of aromatic nitrogens is 1. The van der Waals surface area contributed by atoms with Crippen LogP contribution in [0.1, 0.15) is 16.3 Å². The van der Waals surface area contributed by atoms with Gasteiger partial charge in [0.2, 0.25) is 5.91 Å². The van der Waals surface area contributed by atoms with E-state index >= 15 is 0 Å². The second kappa shape index (κ2) is 10.1. The standard InChI is InChI=1S/C18H24N2O4S/c1-14-4-6-16(7-5-14)24-11-17-19-15(13-25-17)10-20(8-9-22-2)18(21)12-23-3/h4-7,13H,8-12H2,1-3H3. The van der Waals surface area contributed by atoms with Crippen LogP contribution in [0.15, 0.2) is 29.6 Å². The largest absolute Gasteiger partial charge is 0.486 e. The average Bonchev–Trinajstić information content (AvgIpc) is 3.06. The second-order valence-corrected chi connectivity index (χ2v) is 6.52.